The maximum atomic E-state index is 13.0. The summed E-state index contributed by atoms with van der Waals surface area (Å²) in [6, 6.07) is 8.01. The Morgan fingerprint density at radius 2 is 1.93 bits per heavy atom. The van der Waals surface area contributed by atoms with Crippen LogP contribution in [0.15, 0.2) is 24.3 Å². The summed E-state index contributed by atoms with van der Waals surface area (Å²) in [5, 5.41) is 3.76. The van der Waals surface area contributed by atoms with Gasteiger partial charge in [-0.2, -0.15) is 0 Å². The molecule has 1 aromatic carbocycles. The van der Waals surface area contributed by atoms with Crippen LogP contribution in [0.2, 0.25) is 5.02 Å². The van der Waals surface area contributed by atoms with Gasteiger partial charge in [-0.15, -0.1) is 0 Å². The Labute approximate surface area is 171 Å². The second-order valence-corrected chi connectivity index (χ2v) is 8.90. The third-order valence-electron chi connectivity index (χ3n) is 6.48. The molecule has 0 saturated carbocycles. The molecule has 2 atom stereocenters. The molecule has 3 aliphatic rings. The Bertz CT molecular complexity index is 733. The number of ether oxygens (including phenoxy) is 1. The molecule has 0 radical (unpaired) electrons. The van der Waals surface area contributed by atoms with Gasteiger partial charge >= 0.3 is 6.03 Å². The standard InChI is InChI=1S/C21H28ClN3O3/c1-21-8-11-25(13-18(21)23-19(26)14-28-21)20(27)24-9-6-16(7-10-24)12-15-2-4-17(22)5-3-15/h2-5,16,18H,6-14H2,1H3,(H,23,26)/t18-,21+/m1/s1. The van der Waals surface area contributed by atoms with Gasteiger partial charge in [0.2, 0.25) is 5.91 Å². The SMILES string of the molecule is C[C@]12CCN(C(=O)N3CCC(Cc4ccc(Cl)cc4)CC3)C[C@H]1NC(=O)CO2. The molecule has 1 N–H and O–H groups in total. The van der Waals surface area contributed by atoms with Crippen LogP contribution in [0.5, 0.6) is 0 Å². The smallest absolute Gasteiger partial charge is 0.320 e. The molecule has 4 rings (SSSR count). The zero-order valence-corrected chi connectivity index (χ0v) is 17.1. The lowest BCUT2D eigenvalue weighted by atomic mass is 9.86. The molecule has 3 fully saturated rings. The number of benzene rings is 1. The molecular weight excluding hydrogens is 378 g/mol. The maximum Gasteiger partial charge on any atom is 0.320 e. The number of halogens is 1. The van der Waals surface area contributed by atoms with Crippen LogP contribution < -0.4 is 5.32 Å². The van der Waals surface area contributed by atoms with Crippen LogP contribution in [0.4, 0.5) is 4.79 Å². The minimum atomic E-state index is -0.365. The van der Waals surface area contributed by atoms with E-state index in [1.165, 1.54) is 5.56 Å². The number of rotatable bonds is 2. The number of nitrogens with zero attached hydrogens (tertiary/aromatic N) is 2. The predicted octanol–water partition coefficient (Wildman–Crippen LogP) is 2.69. The van der Waals surface area contributed by atoms with E-state index in [1.54, 1.807) is 0 Å². The molecule has 28 heavy (non-hydrogen) atoms. The fraction of sp³-hybridized carbons (Fsp3) is 0.619. The van der Waals surface area contributed by atoms with Crippen LogP contribution in [0.1, 0.15) is 31.7 Å². The summed E-state index contributed by atoms with van der Waals surface area (Å²) < 4.78 is 5.76. The van der Waals surface area contributed by atoms with E-state index in [0.29, 0.717) is 19.0 Å². The van der Waals surface area contributed by atoms with Crippen molar-refractivity contribution in [3.63, 3.8) is 0 Å². The van der Waals surface area contributed by atoms with E-state index in [2.05, 4.69) is 17.4 Å². The second-order valence-electron chi connectivity index (χ2n) is 8.46. The minimum Gasteiger partial charge on any atom is -0.363 e. The van der Waals surface area contributed by atoms with Crippen molar-refractivity contribution in [2.24, 2.45) is 5.92 Å². The number of nitrogens with one attached hydrogen (secondary N) is 1. The maximum absolute atomic E-state index is 13.0. The van der Waals surface area contributed by atoms with Crippen LogP contribution in [-0.4, -0.2) is 66.2 Å². The number of piperidine rings is 2. The van der Waals surface area contributed by atoms with Gasteiger partial charge in [0.15, 0.2) is 0 Å². The molecule has 0 spiro atoms. The van der Waals surface area contributed by atoms with E-state index >= 15 is 0 Å². The fourth-order valence-corrected chi connectivity index (χ4v) is 4.66. The number of carbonyl (C=O) groups is 2. The number of carbonyl (C=O) groups excluding carboxylic acids is 2. The van der Waals surface area contributed by atoms with Crippen molar-refractivity contribution in [3.8, 4) is 0 Å². The molecule has 6 nitrogen and oxygen atoms in total. The van der Waals surface area contributed by atoms with Crippen molar-refractivity contribution in [2.45, 2.75) is 44.2 Å². The fourth-order valence-electron chi connectivity index (χ4n) is 4.53. The number of likely N-dealkylation sites (tertiary alicyclic amines) is 2. The van der Waals surface area contributed by atoms with Gasteiger partial charge in [-0.25, -0.2) is 4.79 Å². The average Bonchev–Trinajstić information content (AvgIpc) is 2.70. The Kier molecular flexibility index (Phi) is 5.52. The lowest BCUT2D eigenvalue weighted by molar-refractivity contribution is -0.156. The van der Waals surface area contributed by atoms with Crippen LogP contribution in [-0.2, 0) is 16.0 Å². The van der Waals surface area contributed by atoms with E-state index < -0.39 is 0 Å². The van der Waals surface area contributed by atoms with Crippen LogP contribution in [0.25, 0.3) is 0 Å². The van der Waals surface area contributed by atoms with Crippen molar-refractivity contribution in [2.75, 3.05) is 32.8 Å². The molecule has 0 aliphatic carbocycles. The van der Waals surface area contributed by atoms with Crippen molar-refractivity contribution in [1.29, 1.82) is 0 Å². The zero-order chi connectivity index (χ0) is 19.7. The van der Waals surface area contributed by atoms with Crippen molar-refractivity contribution in [3.05, 3.63) is 34.9 Å². The molecule has 0 unspecified atom stereocenters. The summed E-state index contributed by atoms with van der Waals surface area (Å²) in [4.78, 5) is 28.5. The van der Waals surface area contributed by atoms with Gasteiger partial charge in [0.25, 0.3) is 0 Å². The quantitative estimate of drug-likeness (QED) is 0.822. The van der Waals surface area contributed by atoms with Gasteiger partial charge in [0.1, 0.15) is 6.61 Å². The number of morpholine rings is 1. The third kappa shape index (κ3) is 4.13. The van der Waals surface area contributed by atoms with E-state index in [1.807, 2.05) is 28.9 Å². The highest BCUT2D eigenvalue weighted by molar-refractivity contribution is 6.30. The summed E-state index contributed by atoms with van der Waals surface area (Å²) in [6.07, 6.45) is 3.82. The number of fused-ring (bicyclic) bond motifs is 1. The van der Waals surface area contributed by atoms with Gasteiger partial charge in [-0.05, 0) is 56.2 Å². The van der Waals surface area contributed by atoms with E-state index in [4.69, 9.17) is 16.3 Å². The van der Waals surface area contributed by atoms with Gasteiger partial charge < -0.3 is 19.9 Å². The Morgan fingerprint density at radius 1 is 1.21 bits per heavy atom. The van der Waals surface area contributed by atoms with Crippen molar-refractivity contribution in [1.82, 2.24) is 15.1 Å². The van der Waals surface area contributed by atoms with Gasteiger partial charge in [-0.3, -0.25) is 4.79 Å². The highest BCUT2D eigenvalue weighted by Gasteiger charge is 2.46. The first-order valence-electron chi connectivity index (χ1n) is 10.1. The molecule has 0 bridgehead atoms. The molecule has 7 heteroatoms. The summed E-state index contributed by atoms with van der Waals surface area (Å²) in [7, 11) is 0. The van der Waals surface area contributed by atoms with Gasteiger partial charge in [0.05, 0.1) is 11.6 Å². The highest BCUT2D eigenvalue weighted by Crippen LogP contribution is 2.30. The lowest BCUT2D eigenvalue weighted by Gasteiger charge is -2.49. The summed E-state index contributed by atoms with van der Waals surface area (Å²) in [6.45, 7) is 4.91. The van der Waals surface area contributed by atoms with Crippen molar-refractivity contribution < 1.29 is 14.3 Å². The van der Waals surface area contributed by atoms with E-state index in [-0.39, 0.29) is 30.2 Å². The molecule has 3 saturated heterocycles. The zero-order valence-electron chi connectivity index (χ0n) is 16.3. The normalized spacial score (nSPS) is 28.6. The third-order valence-corrected chi connectivity index (χ3v) is 6.73. The number of hydrogen-bond donors (Lipinski definition) is 1. The first-order chi connectivity index (χ1) is 13.4. The summed E-state index contributed by atoms with van der Waals surface area (Å²) in [5.74, 6) is 0.501. The second kappa shape index (κ2) is 7.91. The van der Waals surface area contributed by atoms with E-state index in [9.17, 15) is 9.59 Å². The Hall–Kier alpha value is -1.79. The number of amides is 3. The molecule has 3 heterocycles. The van der Waals surface area contributed by atoms with Crippen LogP contribution >= 0.6 is 11.6 Å². The van der Waals surface area contributed by atoms with Gasteiger partial charge in [0, 0.05) is 31.2 Å². The lowest BCUT2D eigenvalue weighted by Crippen LogP contribution is -2.67. The van der Waals surface area contributed by atoms with E-state index in [0.717, 1.165) is 43.8 Å². The predicted molar refractivity (Wildman–Crippen MR) is 107 cm³/mol. The Balaban J connectivity index is 1.29. The number of urea groups is 1. The molecule has 0 aromatic heterocycles. The van der Waals surface area contributed by atoms with Crippen LogP contribution in [0, 0.1) is 5.92 Å². The minimum absolute atomic E-state index is 0.0896. The summed E-state index contributed by atoms with van der Waals surface area (Å²) in [5.41, 5.74) is 0.938. The van der Waals surface area contributed by atoms with Crippen molar-refractivity contribution >= 4 is 23.5 Å². The average molecular weight is 406 g/mol. The number of hydrogen-bond acceptors (Lipinski definition) is 3. The highest BCUT2D eigenvalue weighted by atomic mass is 35.5. The first kappa shape index (κ1) is 19.5. The first-order valence-corrected chi connectivity index (χ1v) is 10.5. The molecular formula is C21H28ClN3O3. The topological polar surface area (TPSA) is 61.9 Å². The van der Waals surface area contributed by atoms with Crippen LogP contribution in [0.3, 0.4) is 0 Å². The molecule has 3 amide bonds. The molecule has 3 aliphatic heterocycles. The summed E-state index contributed by atoms with van der Waals surface area (Å²) >= 11 is 5.96. The molecule has 1 aromatic rings. The largest absolute Gasteiger partial charge is 0.363 e. The molecule has 152 valence electrons. The Morgan fingerprint density at radius 3 is 2.64 bits per heavy atom. The van der Waals surface area contributed by atoms with Gasteiger partial charge in [-0.1, -0.05) is 23.7 Å². The monoisotopic (exact) mass is 405 g/mol.